The highest BCUT2D eigenvalue weighted by Crippen LogP contribution is 2.53. The van der Waals surface area contributed by atoms with Gasteiger partial charge in [0.1, 0.15) is 0 Å². The number of nitrogens with zero attached hydrogens (tertiary/aromatic N) is 5. The van der Waals surface area contributed by atoms with E-state index in [4.69, 9.17) is 4.98 Å². The second kappa shape index (κ2) is 4.18. The Morgan fingerprint density at radius 1 is 1.30 bits per heavy atom. The van der Waals surface area contributed by atoms with Crippen molar-refractivity contribution in [3.05, 3.63) is 5.69 Å². The molecular weight excluding hydrogens is 270 g/mol. The molecule has 0 bridgehead atoms. The van der Waals surface area contributed by atoms with Crippen molar-refractivity contribution >= 4 is 26.8 Å². The van der Waals surface area contributed by atoms with Crippen molar-refractivity contribution in [1.29, 1.82) is 0 Å². The van der Waals surface area contributed by atoms with Crippen LogP contribution in [0, 0.1) is 24.7 Å². The zero-order valence-corrected chi connectivity index (χ0v) is 13.3. The molecule has 1 saturated carbocycles. The quantitative estimate of drug-likeness (QED) is 0.860. The molecule has 2 aromatic rings. The molecule has 0 spiro atoms. The highest BCUT2D eigenvalue weighted by molar-refractivity contribution is 7.22. The molecule has 3 atom stereocenters. The normalized spacial score (nSPS) is 28.6. The highest BCUT2D eigenvalue weighted by atomic mass is 32.1. The summed E-state index contributed by atoms with van der Waals surface area (Å²) in [4.78, 5) is 9.59. The van der Waals surface area contributed by atoms with E-state index in [1.165, 1.54) is 29.5 Å². The number of aryl methyl sites for hydroxylation is 2. The monoisotopic (exact) mass is 291 g/mol. The van der Waals surface area contributed by atoms with Crippen molar-refractivity contribution in [2.24, 2.45) is 24.8 Å². The number of anilines is 1. The first-order valence-electron chi connectivity index (χ1n) is 7.24. The zero-order chi connectivity index (χ0) is 14.0. The standard InChI is InChI=1S/C14H21N5S/c1-8-12-13(18(4)16-8)15-14(20-12)19-6-10-9(5-17(2)3)11(10)7-19/h9-11H,5-7H2,1-4H3/t9?,10-,11+. The lowest BCUT2D eigenvalue weighted by Gasteiger charge is -2.19. The Kier molecular flexibility index (Phi) is 2.63. The second-order valence-corrected chi connectivity index (χ2v) is 7.49. The first kappa shape index (κ1) is 12.6. The first-order valence-corrected chi connectivity index (χ1v) is 8.06. The summed E-state index contributed by atoms with van der Waals surface area (Å²) in [6, 6.07) is 0. The number of fused-ring (bicyclic) bond motifs is 2. The van der Waals surface area contributed by atoms with Crippen LogP contribution < -0.4 is 4.90 Å². The van der Waals surface area contributed by atoms with E-state index in [0.717, 1.165) is 29.1 Å². The predicted octanol–water partition coefficient (Wildman–Crippen LogP) is 1.58. The summed E-state index contributed by atoms with van der Waals surface area (Å²) in [6.07, 6.45) is 0. The van der Waals surface area contributed by atoms with Crippen LogP contribution in [0.1, 0.15) is 5.69 Å². The summed E-state index contributed by atoms with van der Waals surface area (Å²) >= 11 is 1.80. The molecule has 1 unspecified atom stereocenters. The Hall–Kier alpha value is -1.14. The van der Waals surface area contributed by atoms with Crippen LogP contribution in [0.15, 0.2) is 0 Å². The molecule has 0 aromatic carbocycles. The van der Waals surface area contributed by atoms with E-state index in [0.29, 0.717) is 0 Å². The molecule has 2 fully saturated rings. The van der Waals surface area contributed by atoms with Gasteiger partial charge in [0.05, 0.1) is 10.4 Å². The van der Waals surface area contributed by atoms with Gasteiger partial charge in [-0.25, -0.2) is 9.67 Å². The third-order valence-electron chi connectivity index (χ3n) is 4.75. The summed E-state index contributed by atoms with van der Waals surface area (Å²) in [5, 5.41) is 5.61. The SMILES string of the molecule is Cc1nn(C)c2nc(N3C[C@@H]4C(CN(C)C)[C@@H]4C3)sc12. The average molecular weight is 291 g/mol. The number of hydrogen-bond donors (Lipinski definition) is 0. The van der Waals surface area contributed by atoms with E-state index in [1.807, 2.05) is 11.7 Å². The van der Waals surface area contributed by atoms with Crippen LogP contribution in [0.4, 0.5) is 5.13 Å². The molecule has 108 valence electrons. The lowest BCUT2D eigenvalue weighted by atomic mass is 10.2. The topological polar surface area (TPSA) is 37.2 Å². The van der Waals surface area contributed by atoms with Crippen molar-refractivity contribution < 1.29 is 0 Å². The van der Waals surface area contributed by atoms with Crippen LogP contribution in [-0.2, 0) is 7.05 Å². The van der Waals surface area contributed by atoms with Crippen LogP contribution in [0.5, 0.6) is 0 Å². The number of aromatic nitrogens is 3. The molecule has 2 aliphatic rings. The zero-order valence-electron chi connectivity index (χ0n) is 12.5. The van der Waals surface area contributed by atoms with Crippen molar-refractivity contribution in [3.8, 4) is 0 Å². The molecular formula is C14H21N5S. The number of rotatable bonds is 3. The molecule has 1 saturated heterocycles. The average Bonchev–Trinajstić information content (AvgIpc) is 2.82. The lowest BCUT2D eigenvalue weighted by molar-refractivity contribution is 0.366. The minimum Gasteiger partial charge on any atom is -0.347 e. The molecule has 5 nitrogen and oxygen atoms in total. The maximum absolute atomic E-state index is 4.79. The van der Waals surface area contributed by atoms with E-state index in [-0.39, 0.29) is 0 Å². The van der Waals surface area contributed by atoms with E-state index in [9.17, 15) is 0 Å². The molecule has 0 N–H and O–H groups in total. The van der Waals surface area contributed by atoms with Gasteiger partial charge in [-0.2, -0.15) is 5.10 Å². The second-order valence-electron chi connectivity index (χ2n) is 6.52. The van der Waals surface area contributed by atoms with Gasteiger partial charge >= 0.3 is 0 Å². The molecule has 2 aromatic heterocycles. The summed E-state index contributed by atoms with van der Waals surface area (Å²) in [5.41, 5.74) is 2.13. The Morgan fingerprint density at radius 3 is 2.60 bits per heavy atom. The molecule has 3 heterocycles. The van der Waals surface area contributed by atoms with Crippen molar-refractivity contribution in [1.82, 2.24) is 19.7 Å². The molecule has 0 amide bonds. The van der Waals surface area contributed by atoms with Gasteiger partial charge < -0.3 is 9.80 Å². The van der Waals surface area contributed by atoms with Gasteiger partial charge in [-0.1, -0.05) is 11.3 Å². The molecule has 20 heavy (non-hydrogen) atoms. The maximum atomic E-state index is 4.79. The van der Waals surface area contributed by atoms with Crippen molar-refractivity contribution in [3.63, 3.8) is 0 Å². The maximum Gasteiger partial charge on any atom is 0.188 e. The third-order valence-corrected chi connectivity index (χ3v) is 5.97. The Balaban J connectivity index is 1.51. The highest BCUT2D eigenvalue weighted by Gasteiger charge is 2.55. The molecule has 6 heteroatoms. The van der Waals surface area contributed by atoms with Crippen LogP contribution in [-0.4, -0.2) is 53.4 Å². The fraction of sp³-hybridized carbons (Fsp3) is 0.714. The van der Waals surface area contributed by atoms with E-state index in [1.54, 1.807) is 11.3 Å². The summed E-state index contributed by atoms with van der Waals surface area (Å²) < 4.78 is 3.14. The molecule has 4 rings (SSSR count). The predicted molar refractivity (Wildman–Crippen MR) is 82.4 cm³/mol. The van der Waals surface area contributed by atoms with E-state index in [2.05, 4.69) is 35.9 Å². The molecule has 1 aliphatic heterocycles. The first-order chi connectivity index (χ1) is 9.54. The number of piperidine rings is 1. The van der Waals surface area contributed by atoms with Gasteiger partial charge in [-0.15, -0.1) is 0 Å². The summed E-state index contributed by atoms with van der Waals surface area (Å²) in [5.74, 6) is 2.70. The van der Waals surface area contributed by atoms with E-state index < -0.39 is 0 Å². The molecule has 1 aliphatic carbocycles. The molecule has 0 radical (unpaired) electrons. The van der Waals surface area contributed by atoms with Gasteiger partial charge in [-0.05, 0) is 38.8 Å². The van der Waals surface area contributed by atoms with Gasteiger partial charge in [0.2, 0.25) is 0 Å². The Labute approximate surface area is 123 Å². The van der Waals surface area contributed by atoms with Crippen LogP contribution >= 0.6 is 11.3 Å². The lowest BCUT2D eigenvalue weighted by Crippen LogP contribution is -2.27. The minimum absolute atomic E-state index is 0.892. The third kappa shape index (κ3) is 1.78. The Morgan fingerprint density at radius 2 is 2.00 bits per heavy atom. The number of hydrogen-bond acceptors (Lipinski definition) is 5. The minimum atomic E-state index is 0.892. The van der Waals surface area contributed by atoms with Gasteiger partial charge in [0.15, 0.2) is 10.8 Å². The summed E-state index contributed by atoms with van der Waals surface area (Å²) in [7, 11) is 6.33. The van der Waals surface area contributed by atoms with Crippen LogP contribution in [0.2, 0.25) is 0 Å². The number of thiazole rings is 1. The van der Waals surface area contributed by atoms with Crippen molar-refractivity contribution in [2.75, 3.05) is 38.6 Å². The largest absolute Gasteiger partial charge is 0.347 e. The Bertz CT molecular complexity index is 611. The van der Waals surface area contributed by atoms with Gasteiger partial charge in [-0.3, -0.25) is 0 Å². The van der Waals surface area contributed by atoms with Crippen LogP contribution in [0.3, 0.4) is 0 Å². The van der Waals surface area contributed by atoms with Gasteiger partial charge in [0.25, 0.3) is 0 Å². The van der Waals surface area contributed by atoms with Crippen LogP contribution in [0.25, 0.3) is 10.3 Å². The fourth-order valence-electron chi connectivity index (χ4n) is 3.71. The fourth-order valence-corrected chi connectivity index (χ4v) is 4.76. The van der Waals surface area contributed by atoms with Gasteiger partial charge in [0, 0.05) is 26.7 Å². The smallest absolute Gasteiger partial charge is 0.188 e. The summed E-state index contributed by atoms with van der Waals surface area (Å²) in [6.45, 7) is 5.69. The van der Waals surface area contributed by atoms with E-state index >= 15 is 0 Å². The van der Waals surface area contributed by atoms with Crippen molar-refractivity contribution in [2.45, 2.75) is 6.92 Å².